The number of halogens is 4. The third-order valence-corrected chi connectivity index (χ3v) is 5.43. The van der Waals surface area contributed by atoms with Crippen molar-refractivity contribution < 1.29 is 22.8 Å². The molecule has 0 bridgehead atoms. The molecule has 2 fully saturated rings. The number of piperidine rings is 2. The van der Waals surface area contributed by atoms with Crippen LogP contribution in [0, 0.1) is 17.8 Å². The smallest absolute Gasteiger partial charge is 0.356 e. The van der Waals surface area contributed by atoms with Gasteiger partial charge in [-0.3, -0.25) is 9.59 Å². The van der Waals surface area contributed by atoms with Gasteiger partial charge < -0.3 is 15.5 Å². The standard InChI is InChI=1S/C17H28F3N3O2.ClH/c1-12(14-2-6-21-7-3-14)10-15(24)22-11-13-4-8-23(9-5-13)16(25)17(18,19)20;/h12-14,21H,2-11H2,1H3,(H,22,24);1H. The van der Waals surface area contributed by atoms with Gasteiger partial charge in [-0.1, -0.05) is 6.92 Å². The zero-order valence-corrected chi connectivity index (χ0v) is 15.9. The predicted octanol–water partition coefficient (Wildman–Crippen LogP) is 2.35. The third-order valence-electron chi connectivity index (χ3n) is 5.43. The van der Waals surface area contributed by atoms with E-state index in [4.69, 9.17) is 0 Å². The molecule has 1 atom stereocenters. The molecule has 0 aromatic heterocycles. The second-order valence-electron chi connectivity index (χ2n) is 7.31. The topological polar surface area (TPSA) is 61.4 Å². The lowest BCUT2D eigenvalue weighted by Gasteiger charge is -2.32. The number of hydrogen-bond donors (Lipinski definition) is 2. The minimum atomic E-state index is -4.80. The van der Waals surface area contributed by atoms with E-state index in [1.807, 2.05) is 0 Å². The summed E-state index contributed by atoms with van der Waals surface area (Å²) in [6.45, 7) is 4.80. The molecule has 0 aliphatic carbocycles. The van der Waals surface area contributed by atoms with Crippen LogP contribution in [0.4, 0.5) is 13.2 Å². The summed E-state index contributed by atoms with van der Waals surface area (Å²) in [6, 6.07) is 0. The summed E-state index contributed by atoms with van der Waals surface area (Å²) in [5.74, 6) is -0.696. The first-order valence-corrected chi connectivity index (χ1v) is 9.11. The van der Waals surface area contributed by atoms with E-state index in [1.54, 1.807) is 0 Å². The Morgan fingerprint density at radius 2 is 1.73 bits per heavy atom. The molecule has 2 saturated heterocycles. The molecule has 2 rings (SSSR count). The summed E-state index contributed by atoms with van der Waals surface area (Å²) in [4.78, 5) is 24.2. The summed E-state index contributed by atoms with van der Waals surface area (Å²) in [7, 11) is 0. The van der Waals surface area contributed by atoms with Crippen LogP contribution in [0.15, 0.2) is 0 Å². The van der Waals surface area contributed by atoms with Crippen LogP contribution in [-0.2, 0) is 9.59 Å². The molecule has 2 amide bonds. The molecule has 2 aliphatic heterocycles. The maximum absolute atomic E-state index is 12.4. The van der Waals surface area contributed by atoms with Gasteiger partial charge in [0.15, 0.2) is 0 Å². The van der Waals surface area contributed by atoms with Crippen LogP contribution in [-0.4, -0.2) is 55.6 Å². The van der Waals surface area contributed by atoms with Gasteiger partial charge in [0.25, 0.3) is 0 Å². The van der Waals surface area contributed by atoms with Crippen molar-refractivity contribution in [3.63, 3.8) is 0 Å². The molecule has 5 nitrogen and oxygen atoms in total. The highest BCUT2D eigenvalue weighted by atomic mass is 35.5. The van der Waals surface area contributed by atoms with Gasteiger partial charge >= 0.3 is 12.1 Å². The monoisotopic (exact) mass is 399 g/mol. The molecule has 0 radical (unpaired) electrons. The lowest BCUT2D eigenvalue weighted by Crippen LogP contribution is -2.46. The number of rotatable bonds is 5. The summed E-state index contributed by atoms with van der Waals surface area (Å²) < 4.78 is 37.2. The Bertz CT molecular complexity index is 463. The number of carbonyl (C=O) groups excluding carboxylic acids is 2. The molecule has 0 spiro atoms. The second-order valence-corrected chi connectivity index (χ2v) is 7.31. The van der Waals surface area contributed by atoms with Gasteiger partial charge in [0.2, 0.25) is 5.91 Å². The quantitative estimate of drug-likeness (QED) is 0.746. The molecule has 2 aliphatic rings. The second kappa shape index (κ2) is 10.3. The van der Waals surface area contributed by atoms with Crippen molar-refractivity contribution >= 4 is 24.2 Å². The lowest BCUT2D eigenvalue weighted by atomic mass is 9.84. The third kappa shape index (κ3) is 6.95. The average molecular weight is 400 g/mol. The molecule has 0 aromatic carbocycles. The van der Waals surface area contributed by atoms with Crippen molar-refractivity contribution in [1.82, 2.24) is 15.5 Å². The summed E-state index contributed by atoms with van der Waals surface area (Å²) >= 11 is 0. The molecule has 0 aromatic rings. The maximum atomic E-state index is 12.4. The SMILES string of the molecule is CC(CC(=O)NCC1CCN(C(=O)C(F)(F)F)CC1)C1CCNCC1.Cl. The van der Waals surface area contributed by atoms with Crippen LogP contribution in [0.5, 0.6) is 0 Å². The van der Waals surface area contributed by atoms with Gasteiger partial charge in [-0.15, -0.1) is 12.4 Å². The fraction of sp³-hybridized carbons (Fsp3) is 0.882. The van der Waals surface area contributed by atoms with E-state index in [2.05, 4.69) is 17.6 Å². The van der Waals surface area contributed by atoms with E-state index in [0.717, 1.165) is 30.8 Å². The first-order chi connectivity index (χ1) is 11.8. The largest absolute Gasteiger partial charge is 0.471 e. The number of nitrogens with zero attached hydrogens (tertiary/aromatic N) is 1. The number of alkyl halides is 3. The highest BCUT2D eigenvalue weighted by molar-refractivity contribution is 5.85. The zero-order chi connectivity index (χ0) is 18.4. The lowest BCUT2D eigenvalue weighted by molar-refractivity contribution is -0.186. The Labute approximate surface area is 158 Å². The van der Waals surface area contributed by atoms with Gasteiger partial charge in [0, 0.05) is 26.1 Å². The van der Waals surface area contributed by atoms with E-state index >= 15 is 0 Å². The summed E-state index contributed by atoms with van der Waals surface area (Å²) in [5.41, 5.74) is 0. The van der Waals surface area contributed by atoms with Crippen LogP contribution in [0.1, 0.15) is 39.0 Å². The highest BCUT2D eigenvalue weighted by Gasteiger charge is 2.43. The van der Waals surface area contributed by atoms with Crippen LogP contribution in [0.2, 0.25) is 0 Å². The molecule has 152 valence electrons. The van der Waals surface area contributed by atoms with Crippen molar-refractivity contribution in [3.05, 3.63) is 0 Å². The van der Waals surface area contributed by atoms with E-state index in [-0.39, 0.29) is 37.3 Å². The number of carbonyl (C=O) groups is 2. The first kappa shape index (κ1) is 23.0. The Hall–Kier alpha value is -1.02. The average Bonchev–Trinajstić information content (AvgIpc) is 2.59. The molecule has 26 heavy (non-hydrogen) atoms. The maximum Gasteiger partial charge on any atom is 0.471 e. The molecule has 2 heterocycles. The van der Waals surface area contributed by atoms with Crippen LogP contribution < -0.4 is 10.6 Å². The van der Waals surface area contributed by atoms with Crippen molar-refractivity contribution in [1.29, 1.82) is 0 Å². The first-order valence-electron chi connectivity index (χ1n) is 9.11. The van der Waals surface area contributed by atoms with E-state index in [0.29, 0.717) is 37.6 Å². The van der Waals surface area contributed by atoms with Crippen molar-refractivity contribution in [2.75, 3.05) is 32.7 Å². The van der Waals surface area contributed by atoms with Crippen LogP contribution >= 0.6 is 12.4 Å². The Morgan fingerprint density at radius 1 is 1.15 bits per heavy atom. The minimum absolute atomic E-state index is 0. The molecule has 0 saturated carbocycles. The summed E-state index contributed by atoms with van der Waals surface area (Å²) in [5, 5.41) is 6.23. The van der Waals surface area contributed by atoms with Crippen LogP contribution in [0.3, 0.4) is 0 Å². The normalized spacial score (nSPS) is 21.0. The van der Waals surface area contributed by atoms with Gasteiger partial charge in [-0.2, -0.15) is 13.2 Å². The Morgan fingerprint density at radius 3 is 2.27 bits per heavy atom. The molecule has 9 heteroatoms. The van der Waals surface area contributed by atoms with E-state index in [1.165, 1.54) is 0 Å². The molecule has 1 unspecified atom stereocenters. The zero-order valence-electron chi connectivity index (χ0n) is 15.1. The number of amides is 2. The molecular weight excluding hydrogens is 371 g/mol. The molecular formula is C17H29ClF3N3O2. The van der Waals surface area contributed by atoms with Crippen molar-refractivity contribution in [3.8, 4) is 0 Å². The van der Waals surface area contributed by atoms with Crippen LogP contribution in [0.25, 0.3) is 0 Å². The van der Waals surface area contributed by atoms with E-state index < -0.39 is 12.1 Å². The fourth-order valence-corrected chi connectivity index (χ4v) is 3.72. The number of likely N-dealkylation sites (tertiary alicyclic amines) is 1. The van der Waals surface area contributed by atoms with Gasteiger partial charge in [-0.05, 0) is 56.5 Å². The molecule has 2 N–H and O–H groups in total. The number of hydrogen-bond acceptors (Lipinski definition) is 3. The number of nitrogens with one attached hydrogen (secondary N) is 2. The Kier molecular flexibility index (Phi) is 9.16. The van der Waals surface area contributed by atoms with Crippen molar-refractivity contribution in [2.24, 2.45) is 17.8 Å². The van der Waals surface area contributed by atoms with E-state index in [9.17, 15) is 22.8 Å². The highest BCUT2D eigenvalue weighted by Crippen LogP contribution is 2.25. The van der Waals surface area contributed by atoms with Gasteiger partial charge in [-0.25, -0.2) is 0 Å². The Balaban J connectivity index is 0.00000338. The predicted molar refractivity (Wildman–Crippen MR) is 95.0 cm³/mol. The van der Waals surface area contributed by atoms with Crippen molar-refractivity contribution in [2.45, 2.75) is 45.2 Å². The summed E-state index contributed by atoms with van der Waals surface area (Å²) in [6.07, 6.45) is -1.12. The van der Waals surface area contributed by atoms with Gasteiger partial charge in [0.1, 0.15) is 0 Å². The minimum Gasteiger partial charge on any atom is -0.356 e. The van der Waals surface area contributed by atoms with Gasteiger partial charge in [0.05, 0.1) is 0 Å². The fourth-order valence-electron chi connectivity index (χ4n) is 3.72.